The molecule has 1 aromatic heterocycles. The molecule has 4 nitrogen and oxygen atoms in total. The van der Waals surface area contributed by atoms with Crippen molar-refractivity contribution in [2.75, 3.05) is 27.2 Å². The summed E-state index contributed by atoms with van der Waals surface area (Å²) < 4.78 is 2.15. The van der Waals surface area contributed by atoms with Gasteiger partial charge in [0, 0.05) is 46.1 Å². The second kappa shape index (κ2) is 5.57. The molecule has 1 aromatic rings. The number of aromatic nitrogens is 1. The summed E-state index contributed by atoms with van der Waals surface area (Å²) in [5.74, 6) is 0.445. The number of amides is 1. The Balaban J connectivity index is 1.95. The van der Waals surface area contributed by atoms with Gasteiger partial charge in [-0.05, 0) is 31.5 Å². The molecule has 18 heavy (non-hydrogen) atoms. The second-order valence-corrected chi connectivity index (χ2v) is 5.42. The molecule has 0 unspecified atom stereocenters. The Kier molecular flexibility index (Phi) is 4.07. The van der Waals surface area contributed by atoms with Gasteiger partial charge in [0.1, 0.15) is 0 Å². The molecule has 0 bridgehead atoms. The molecule has 0 radical (unpaired) electrons. The zero-order chi connectivity index (χ0) is 13.1. The number of piperidine rings is 1. The maximum Gasteiger partial charge on any atom is 0.226 e. The van der Waals surface area contributed by atoms with Gasteiger partial charge in [-0.2, -0.15) is 0 Å². The highest BCUT2D eigenvalue weighted by atomic mass is 16.2. The summed E-state index contributed by atoms with van der Waals surface area (Å²) >= 11 is 0. The van der Waals surface area contributed by atoms with Crippen molar-refractivity contribution >= 4 is 5.91 Å². The van der Waals surface area contributed by atoms with Crippen molar-refractivity contribution in [3.8, 4) is 0 Å². The van der Waals surface area contributed by atoms with Gasteiger partial charge in [0.25, 0.3) is 0 Å². The molecule has 0 aliphatic carbocycles. The fraction of sp³-hybridized carbons (Fsp3) is 0.643. The highest BCUT2D eigenvalue weighted by Gasteiger charge is 2.26. The van der Waals surface area contributed by atoms with E-state index in [0.717, 1.165) is 32.5 Å². The quantitative estimate of drug-likeness (QED) is 0.808. The molecule has 1 saturated heterocycles. The molecular formula is C14H23N3O. The molecule has 100 valence electrons. The maximum atomic E-state index is 12.0. The third-order valence-electron chi connectivity index (χ3n) is 3.73. The van der Waals surface area contributed by atoms with Gasteiger partial charge in [-0.1, -0.05) is 0 Å². The van der Waals surface area contributed by atoms with Crippen molar-refractivity contribution in [1.29, 1.82) is 0 Å². The number of carbonyl (C=O) groups is 1. The molecule has 1 aliphatic rings. The molecular weight excluding hydrogens is 226 g/mol. The Morgan fingerprint density at radius 3 is 2.89 bits per heavy atom. The average molecular weight is 249 g/mol. The van der Waals surface area contributed by atoms with E-state index in [1.165, 1.54) is 5.69 Å². The topological polar surface area (TPSA) is 28.5 Å². The molecule has 2 heterocycles. The predicted octanol–water partition coefficient (Wildman–Crippen LogP) is 1.33. The molecule has 1 atom stereocenters. The lowest BCUT2D eigenvalue weighted by Crippen LogP contribution is -2.42. The minimum absolute atomic E-state index is 0.175. The summed E-state index contributed by atoms with van der Waals surface area (Å²) in [6, 6.07) is 4.22. The molecule has 1 fully saturated rings. The van der Waals surface area contributed by atoms with Crippen LogP contribution in [0.4, 0.5) is 0 Å². The van der Waals surface area contributed by atoms with Crippen LogP contribution in [0.5, 0.6) is 0 Å². The van der Waals surface area contributed by atoms with Crippen LogP contribution in [0.15, 0.2) is 18.3 Å². The molecule has 1 amide bonds. The smallest absolute Gasteiger partial charge is 0.226 e. The Morgan fingerprint density at radius 1 is 1.50 bits per heavy atom. The normalized spacial score (nSPS) is 20.9. The van der Waals surface area contributed by atoms with Crippen molar-refractivity contribution < 1.29 is 4.79 Å². The van der Waals surface area contributed by atoms with Gasteiger partial charge >= 0.3 is 0 Å². The first-order valence-corrected chi connectivity index (χ1v) is 6.61. The van der Waals surface area contributed by atoms with Crippen molar-refractivity contribution in [3.05, 3.63) is 24.0 Å². The van der Waals surface area contributed by atoms with E-state index in [4.69, 9.17) is 0 Å². The van der Waals surface area contributed by atoms with Gasteiger partial charge in [0.05, 0.1) is 5.92 Å². The average Bonchev–Trinajstić information content (AvgIpc) is 2.74. The van der Waals surface area contributed by atoms with Gasteiger partial charge in [-0.15, -0.1) is 0 Å². The van der Waals surface area contributed by atoms with Crippen molar-refractivity contribution in [2.45, 2.75) is 19.4 Å². The minimum atomic E-state index is 0.175. The number of likely N-dealkylation sites (tertiary alicyclic amines) is 1. The molecule has 4 heteroatoms. The SMILES string of the molecule is CN(C)C(=O)[C@H]1CCCN(Cc2cccn2C)C1. The molecule has 1 aliphatic heterocycles. The minimum Gasteiger partial charge on any atom is -0.353 e. The third kappa shape index (κ3) is 2.93. The van der Waals surface area contributed by atoms with E-state index in [0.29, 0.717) is 0 Å². The number of hydrogen-bond donors (Lipinski definition) is 0. The van der Waals surface area contributed by atoms with Gasteiger partial charge in [-0.3, -0.25) is 9.69 Å². The van der Waals surface area contributed by atoms with E-state index in [2.05, 4.69) is 34.8 Å². The highest BCUT2D eigenvalue weighted by Crippen LogP contribution is 2.20. The number of nitrogens with zero attached hydrogens (tertiary/aromatic N) is 3. The van der Waals surface area contributed by atoms with Crippen LogP contribution in [-0.2, 0) is 18.4 Å². The van der Waals surface area contributed by atoms with Crippen LogP contribution in [0.2, 0.25) is 0 Å². The lowest BCUT2D eigenvalue weighted by atomic mass is 9.96. The molecule has 0 N–H and O–H groups in total. The van der Waals surface area contributed by atoms with Crippen LogP contribution >= 0.6 is 0 Å². The first kappa shape index (κ1) is 13.1. The zero-order valence-corrected chi connectivity index (χ0v) is 11.6. The first-order valence-electron chi connectivity index (χ1n) is 6.61. The van der Waals surface area contributed by atoms with Crippen LogP contribution in [-0.4, -0.2) is 47.5 Å². The van der Waals surface area contributed by atoms with E-state index in [-0.39, 0.29) is 11.8 Å². The van der Waals surface area contributed by atoms with Gasteiger partial charge in [0.2, 0.25) is 5.91 Å². The maximum absolute atomic E-state index is 12.0. The number of carbonyl (C=O) groups excluding carboxylic acids is 1. The molecule has 2 rings (SSSR count). The van der Waals surface area contributed by atoms with Gasteiger partial charge in [-0.25, -0.2) is 0 Å². The second-order valence-electron chi connectivity index (χ2n) is 5.42. The fourth-order valence-corrected chi connectivity index (χ4v) is 2.66. The third-order valence-corrected chi connectivity index (χ3v) is 3.73. The summed E-state index contributed by atoms with van der Waals surface area (Å²) in [5.41, 5.74) is 1.31. The summed E-state index contributed by atoms with van der Waals surface area (Å²) in [6.07, 6.45) is 4.22. The molecule has 0 aromatic carbocycles. The Bertz CT molecular complexity index is 411. The summed E-state index contributed by atoms with van der Waals surface area (Å²) in [6.45, 7) is 2.94. The Morgan fingerprint density at radius 2 is 2.28 bits per heavy atom. The lowest BCUT2D eigenvalue weighted by Gasteiger charge is -2.33. The van der Waals surface area contributed by atoms with E-state index in [9.17, 15) is 4.79 Å². The summed E-state index contributed by atoms with van der Waals surface area (Å²) in [5, 5.41) is 0. The Labute approximate surface area is 109 Å². The number of hydrogen-bond acceptors (Lipinski definition) is 2. The van der Waals surface area contributed by atoms with E-state index in [1.54, 1.807) is 4.90 Å². The van der Waals surface area contributed by atoms with E-state index >= 15 is 0 Å². The monoisotopic (exact) mass is 249 g/mol. The van der Waals surface area contributed by atoms with Gasteiger partial charge < -0.3 is 9.47 Å². The van der Waals surface area contributed by atoms with Crippen LogP contribution < -0.4 is 0 Å². The fourth-order valence-electron chi connectivity index (χ4n) is 2.66. The summed E-state index contributed by atoms with van der Waals surface area (Å²) in [4.78, 5) is 16.1. The zero-order valence-electron chi connectivity index (χ0n) is 11.6. The summed E-state index contributed by atoms with van der Waals surface area (Å²) in [7, 11) is 5.76. The molecule has 0 spiro atoms. The van der Waals surface area contributed by atoms with Crippen molar-refractivity contribution in [3.63, 3.8) is 0 Å². The van der Waals surface area contributed by atoms with Crippen LogP contribution in [0, 0.1) is 5.92 Å². The number of rotatable bonds is 3. The van der Waals surface area contributed by atoms with E-state index in [1.807, 2.05) is 14.1 Å². The van der Waals surface area contributed by atoms with Crippen molar-refractivity contribution in [1.82, 2.24) is 14.4 Å². The molecule has 0 saturated carbocycles. The van der Waals surface area contributed by atoms with Crippen LogP contribution in [0.1, 0.15) is 18.5 Å². The first-order chi connectivity index (χ1) is 8.58. The Hall–Kier alpha value is -1.29. The van der Waals surface area contributed by atoms with Crippen molar-refractivity contribution in [2.24, 2.45) is 13.0 Å². The van der Waals surface area contributed by atoms with Gasteiger partial charge in [0.15, 0.2) is 0 Å². The standard InChI is InChI=1S/C14H23N3O/c1-15(2)14(18)12-6-4-9-17(10-12)11-13-7-5-8-16(13)3/h5,7-8,12H,4,6,9-11H2,1-3H3/t12-/m0/s1. The van der Waals surface area contributed by atoms with Crippen LogP contribution in [0.3, 0.4) is 0 Å². The van der Waals surface area contributed by atoms with Crippen LogP contribution in [0.25, 0.3) is 0 Å². The number of aryl methyl sites for hydroxylation is 1. The van der Waals surface area contributed by atoms with E-state index < -0.39 is 0 Å². The predicted molar refractivity (Wildman–Crippen MR) is 72.1 cm³/mol. The largest absolute Gasteiger partial charge is 0.353 e. The highest BCUT2D eigenvalue weighted by molar-refractivity contribution is 5.78. The lowest BCUT2D eigenvalue weighted by molar-refractivity contribution is -0.134.